The van der Waals surface area contributed by atoms with Gasteiger partial charge in [-0.2, -0.15) is 4.99 Å². The maximum atomic E-state index is 12.2. The van der Waals surface area contributed by atoms with Crippen LogP contribution in [0.1, 0.15) is 16.2 Å². The van der Waals surface area contributed by atoms with E-state index in [1.807, 2.05) is 0 Å². The molecule has 1 amide bonds. The Labute approximate surface area is 145 Å². The molecule has 0 fully saturated rings. The normalized spacial score (nSPS) is 11.9. The van der Waals surface area contributed by atoms with Crippen molar-refractivity contribution in [3.63, 3.8) is 0 Å². The van der Waals surface area contributed by atoms with Gasteiger partial charge in [0, 0.05) is 11.1 Å². The highest BCUT2D eigenvalue weighted by atomic mass is 35.5. The summed E-state index contributed by atoms with van der Waals surface area (Å²) in [5, 5.41) is 4.21. The zero-order valence-electron chi connectivity index (χ0n) is 12.8. The number of aryl methyl sites for hydroxylation is 1. The monoisotopic (exact) mass is 365 g/mol. The van der Waals surface area contributed by atoms with Crippen LogP contribution in [0.5, 0.6) is 0 Å². The van der Waals surface area contributed by atoms with Gasteiger partial charge in [0.25, 0.3) is 0 Å². The molecule has 2 heterocycles. The molecule has 0 aliphatic carbocycles. The van der Waals surface area contributed by atoms with Gasteiger partial charge < -0.3 is 13.8 Å². The number of benzene rings is 1. The van der Waals surface area contributed by atoms with Gasteiger partial charge in [0.15, 0.2) is 10.5 Å². The fourth-order valence-electron chi connectivity index (χ4n) is 2.09. The van der Waals surface area contributed by atoms with Crippen molar-refractivity contribution >= 4 is 45.0 Å². The largest absolute Gasteiger partial charge is 0.468 e. The van der Waals surface area contributed by atoms with Gasteiger partial charge >= 0.3 is 11.9 Å². The molecular formula is C15H12ClN3O4S. The van der Waals surface area contributed by atoms with Crippen LogP contribution in [0.3, 0.4) is 0 Å². The average Bonchev–Trinajstić information content (AvgIpc) is 3.11. The SMILES string of the molecule is COC(=O)Cn1c(=NC(=O)c2cc(C)on2)sc2cc(Cl)ccc21. The second-order valence-corrected chi connectivity index (χ2v) is 6.34. The fourth-order valence-corrected chi connectivity index (χ4v) is 3.39. The Kier molecular flexibility index (Phi) is 4.50. The molecule has 124 valence electrons. The Bertz CT molecular complexity index is 1000. The Balaban J connectivity index is 2.14. The van der Waals surface area contributed by atoms with E-state index in [1.54, 1.807) is 29.7 Å². The van der Waals surface area contributed by atoms with E-state index in [9.17, 15) is 9.59 Å². The van der Waals surface area contributed by atoms with Crippen molar-refractivity contribution < 1.29 is 18.8 Å². The number of hydrogen-bond acceptors (Lipinski definition) is 6. The molecule has 24 heavy (non-hydrogen) atoms. The quantitative estimate of drug-likeness (QED) is 0.666. The summed E-state index contributed by atoms with van der Waals surface area (Å²) in [6, 6.07) is 6.72. The van der Waals surface area contributed by atoms with E-state index in [0.717, 1.165) is 10.2 Å². The molecule has 0 aliphatic heterocycles. The predicted octanol–water partition coefficient (Wildman–Crippen LogP) is 2.57. The van der Waals surface area contributed by atoms with E-state index in [1.165, 1.54) is 24.5 Å². The molecule has 9 heteroatoms. The molecule has 0 saturated heterocycles. The fraction of sp³-hybridized carbons (Fsp3) is 0.200. The minimum absolute atomic E-state index is 0.0674. The van der Waals surface area contributed by atoms with Crippen LogP contribution < -0.4 is 4.80 Å². The molecule has 7 nitrogen and oxygen atoms in total. The number of thiazole rings is 1. The van der Waals surface area contributed by atoms with Crippen molar-refractivity contribution in [2.75, 3.05) is 7.11 Å². The van der Waals surface area contributed by atoms with E-state index in [-0.39, 0.29) is 12.2 Å². The third-order valence-electron chi connectivity index (χ3n) is 3.20. The first-order chi connectivity index (χ1) is 11.5. The van der Waals surface area contributed by atoms with Gasteiger partial charge in [-0.3, -0.25) is 9.59 Å². The second-order valence-electron chi connectivity index (χ2n) is 4.90. The van der Waals surface area contributed by atoms with Crippen LogP contribution in [-0.4, -0.2) is 28.7 Å². The molecule has 2 aromatic heterocycles. The van der Waals surface area contributed by atoms with E-state index in [0.29, 0.717) is 15.6 Å². The number of nitrogens with zero attached hydrogens (tertiary/aromatic N) is 3. The molecule has 0 N–H and O–H groups in total. The molecule has 0 spiro atoms. The van der Waals surface area contributed by atoms with Crippen molar-refractivity contribution in [1.29, 1.82) is 0 Å². The van der Waals surface area contributed by atoms with Crippen LogP contribution in [0.2, 0.25) is 5.02 Å². The first kappa shape index (κ1) is 16.4. The van der Waals surface area contributed by atoms with Crippen molar-refractivity contribution in [2.45, 2.75) is 13.5 Å². The van der Waals surface area contributed by atoms with Crippen LogP contribution in [0.25, 0.3) is 10.2 Å². The molecule has 0 atom stereocenters. The first-order valence-electron chi connectivity index (χ1n) is 6.86. The number of esters is 1. The van der Waals surface area contributed by atoms with Gasteiger partial charge in [0.2, 0.25) is 0 Å². The summed E-state index contributed by atoms with van der Waals surface area (Å²) in [5.74, 6) is -0.488. The highest BCUT2D eigenvalue weighted by molar-refractivity contribution is 7.16. The molecule has 0 radical (unpaired) electrons. The molecule has 0 unspecified atom stereocenters. The lowest BCUT2D eigenvalue weighted by Gasteiger charge is -2.03. The van der Waals surface area contributed by atoms with Gasteiger partial charge in [-0.05, 0) is 25.1 Å². The standard InChI is InChI=1S/C15H12ClN3O4S/c1-8-5-10(18-23-8)14(21)17-15-19(7-13(20)22-2)11-4-3-9(16)6-12(11)24-15/h3-6H,7H2,1-2H3. The van der Waals surface area contributed by atoms with Crippen molar-refractivity contribution in [1.82, 2.24) is 9.72 Å². The maximum Gasteiger partial charge on any atom is 0.325 e. The summed E-state index contributed by atoms with van der Waals surface area (Å²) in [5.41, 5.74) is 0.838. The van der Waals surface area contributed by atoms with Crippen molar-refractivity contribution in [2.24, 2.45) is 4.99 Å². The van der Waals surface area contributed by atoms with Crippen LogP contribution in [0.4, 0.5) is 0 Å². The van der Waals surface area contributed by atoms with Crippen LogP contribution >= 0.6 is 22.9 Å². The number of ether oxygens (including phenoxy) is 1. The molecule has 3 aromatic rings. The molecule has 0 saturated carbocycles. The maximum absolute atomic E-state index is 12.2. The summed E-state index contributed by atoms with van der Waals surface area (Å²) in [6.07, 6.45) is 0. The zero-order valence-corrected chi connectivity index (χ0v) is 14.3. The molecular weight excluding hydrogens is 354 g/mol. The number of aromatic nitrogens is 2. The average molecular weight is 366 g/mol. The highest BCUT2D eigenvalue weighted by Gasteiger charge is 2.14. The summed E-state index contributed by atoms with van der Waals surface area (Å²) in [4.78, 5) is 28.3. The summed E-state index contributed by atoms with van der Waals surface area (Å²) in [7, 11) is 1.30. The number of carbonyl (C=O) groups is 2. The van der Waals surface area contributed by atoms with Gasteiger partial charge in [0.1, 0.15) is 12.3 Å². The Morgan fingerprint density at radius 1 is 1.42 bits per heavy atom. The minimum Gasteiger partial charge on any atom is -0.468 e. The third kappa shape index (κ3) is 3.24. The summed E-state index contributed by atoms with van der Waals surface area (Å²) >= 11 is 7.25. The van der Waals surface area contributed by atoms with E-state index in [4.69, 9.17) is 20.9 Å². The van der Waals surface area contributed by atoms with Gasteiger partial charge in [-0.25, -0.2) is 0 Å². The topological polar surface area (TPSA) is 86.7 Å². The van der Waals surface area contributed by atoms with E-state index < -0.39 is 11.9 Å². The van der Waals surface area contributed by atoms with Gasteiger partial charge in [-0.15, -0.1) is 0 Å². The number of carbonyl (C=O) groups excluding carboxylic acids is 2. The zero-order chi connectivity index (χ0) is 17.3. The third-order valence-corrected chi connectivity index (χ3v) is 4.48. The van der Waals surface area contributed by atoms with Gasteiger partial charge in [-0.1, -0.05) is 28.1 Å². The second kappa shape index (κ2) is 6.58. The van der Waals surface area contributed by atoms with Crippen LogP contribution in [0.15, 0.2) is 33.8 Å². The smallest absolute Gasteiger partial charge is 0.325 e. The number of fused-ring (bicyclic) bond motifs is 1. The molecule has 0 aliphatic rings. The predicted molar refractivity (Wildman–Crippen MR) is 88.0 cm³/mol. The van der Waals surface area contributed by atoms with Crippen molar-refractivity contribution in [3.05, 3.63) is 45.5 Å². The van der Waals surface area contributed by atoms with Crippen LogP contribution in [-0.2, 0) is 16.1 Å². The molecule has 3 rings (SSSR count). The number of amides is 1. The summed E-state index contributed by atoms with van der Waals surface area (Å²) in [6.45, 7) is 1.62. The lowest BCUT2D eigenvalue weighted by molar-refractivity contribution is -0.141. The Morgan fingerprint density at radius 2 is 2.21 bits per heavy atom. The minimum atomic E-state index is -0.553. The first-order valence-corrected chi connectivity index (χ1v) is 8.05. The van der Waals surface area contributed by atoms with E-state index in [2.05, 4.69) is 10.1 Å². The Morgan fingerprint density at radius 3 is 2.88 bits per heavy atom. The van der Waals surface area contributed by atoms with Gasteiger partial charge in [0.05, 0.1) is 17.3 Å². The molecule has 1 aromatic carbocycles. The number of rotatable bonds is 3. The Hall–Kier alpha value is -2.45. The highest BCUT2D eigenvalue weighted by Crippen LogP contribution is 2.22. The van der Waals surface area contributed by atoms with Crippen LogP contribution in [0, 0.1) is 6.92 Å². The number of halogens is 1. The lowest BCUT2D eigenvalue weighted by atomic mass is 10.3. The summed E-state index contributed by atoms with van der Waals surface area (Å²) < 4.78 is 12.0. The van der Waals surface area contributed by atoms with E-state index >= 15 is 0 Å². The molecule has 0 bridgehead atoms. The van der Waals surface area contributed by atoms with Crippen molar-refractivity contribution in [3.8, 4) is 0 Å². The number of hydrogen-bond donors (Lipinski definition) is 0. The number of methoxy groups -OCH3 is 1. The lowest BCUT2D eigenvalue weighted by Crippen LogP contribution is -2.22.